The Morgan fingerprint density at radius 2 is 2.16 bits per heavy atom. The topological polar surface area (TPSA) is 15.3 Å². The predicted octanol–water partition coefficient (Wildman–Crippen LogP) is 3.35. The number of hydrogen-bond donors (Lipinski definition) is 1. The summed E-state index contributed by atoms with van der Waals surface area (Å²) in [7, 11) is 2.28. The molecule has 2 heteroatoms. The summed E-state index contributed by atoms with van der Waals surface area (Å²) in [6.45, 7) is 6.63. The van der Waals surface area contributed by atoms with Crippen LogP contribution in [0, 0.1) is 6.92 Å². The molecule has 1 saturated carbocycles. The third kappa shape index (κ3) is 4.05. The number of aryl methyl sites for hydroxylation is 1. The van der Waals surface area contributed by atoms with Gasteiger partial charge < -0.3 is 5.32 Å². The first-order valence-corrected chi connectivity index (χ1v) is 7.70. The van der Waals surface area contributed by atoms with Gasteiger partial charge in [0.05, 0.1) is 0 Å². The molecule has 0 aliphatic heterocycles. The lowest BCUT2D eigenvalue weighted by atomic mass is 10.1. The van der Waals surface area contributed by atoms with Crippen molar-refractivity contribution in [3.63, 3.8) is 0 Å². The van der Waals surface area contributed by atoms with Crippen LogP contribution in [-0.2, 0) is 6.54 Å². The Morgan fingerprint density at radius 3 is 2.89 bits per heavy atom. The Bertz CT molecular complexity index is 389. The Hall–Kier alpha value is -0.860. The summed E-state index contributed by atoms with van der Waals surface area (Å²) >= 11 is 0. The van der Waals surface area contributed by atoms with Crippen LogP contribution in [0.15, 0.2) is 24.3 Å². The molecule has 0 spiro atoms. The number of nitrogens with zero attached hydrogens (tertiary/aromatic N) is 1. The van der Waals surface area contributed by atoms with Crippen molar-refractivity contribution in [2.24, 2.45) is 0 Å². The molecule has 2 nitrogen and oxygen atoms in total. The van der Waals surface area contributed by atoms with Gasteiger partial charge >= 0.3 is 0 Å². The van der Waals surface area contributed by atoms with Gasteiger partial charge in [0.1, 0.15) is 0 Å². The van der Waals surface area contributed by atoms with Crippen LogP contribution in [0.3, 0.4) is 0 Å². The summed E-state index contributed by atoms with van der Waals surface area (Å²) in [6.07, 6.45) is 5.27. The molecule has 1 aliphatic rings. The van der Waals surface area contributed by atoms with Crippen molar-refractivity contribution in [2.75, 3.05) is 13.6 Å². The summed E-state index contributed by atoms with van der Waals surface area (Å²) in [5, 5.41) is 3.72. The third-order valence-corrected chi connectivity index (χ3v) is 4.22. The van der Waals surface area contributed by atoms with Crippen molar-refractivity contribution < 1.29 is 0 Å². The largest absolute Gasteiger partial charge is 0.312 e. The highest BCUT2D eigenvalue weighted by molar-refractivity contribution is 5.22. The Balaban J connectivity index is 1.93. The van der Waals surface area contributed by atoms with Gasteiger partial charge in [-0.1, -0.05) is 43.2 Å². The lowest BCUT2D eigenvalue weighted by molar-refractivity contribution is 0.204. The quantitative estimate of drug-likeness (QED) is 0.844. The zero-order valence-corrected chi connectivity index (χ0v) is 12.7. The van der Waals surface area contributed by atoms with E-state index in [1.807, 2.05) is 0 Å². The van der Waals surface area contributed by atoms with Gasteiger partial charge in [0, 0.05) is 18.6 Å². The van der Waals surface area contributed by atoms with Gasteiger partial charge in [-0.25, -0.2) is 0 Å². The van der Waals surface area contributed by atoms with Crippen LogP contribution in [-0.4, -0.2) is 30.6 Å². The van der Waals surface area contributed by atoms with Gasteiger partial charge in [0.2, 0.25) is 0 Å². The van der Waals surface area contributed by atoms with Crippen LogP contribution in [0.25, 0.3) is 0 Å². The van der Waals surface area contributed by atoms with Crippen LogP contribution in [0.2, 0.25) is 0 Å². The minimum absolute atomic E-state index is 0.690. The molecule has 1 N–H and O–H groups in total. The van der Waals surface area contributed by atoms with Crippen molar-refractivity contribution in [3.8, 4) is 0 Å². The van der Waals surface area contributed by atoms with E-state index in [1.54, 1.807) is 0 Å². The molecule has 1 aromatic rings. The number of likely N-dealkylation sites (N-methyl/N-ethyl adjacent to an activating group) is 1. The number of rotatable bonds is 6. The molecule has 1 aromatic carbocycles. The summed E-state index contributed by atoms with van der Waals surface area (Å²) < 4.78 is 0. The van der Waals surface area contributed by atoms with E-state index in [-0.39, 0.29) is 0 Å². The van der Waals surface area contributed by atoms with Crippen LogP contribution in [0.5, 0.6) is 0 Å². The zero-order chi connectivity index (χ0) is 13.7. The highest BCUT2D eigenvalue weighted by Crippen LogP contribution is 2.24. The Kier molecular flexibility index (Phi) is 5.41. The lowest BCUT2D eigenvalue weighted by Crippen LogP contribution is -2.45. The number of hydrogen-bond acceptors (Lipinski definition) is 2. The minimum Gasteiger partial charge on any atom is -0.312 e. The second kappa shape index (κ2) is 7.06. The molecule has 0 radical (unpaired) electrons. The highest BCUT2D eigenvalue weighted by Gasteiger charge is 2.29. The molecule has 2 rings (SSSR count). The van der Waals surface area contributed by atoms with Gasteiger partial charge in [0.25, 0.3) is 0 Å². The van der Waals surface area contributed by atoms with E-state index < -0.39 is 0 Å². The molecule has 106 valence electrons. The van der Waals surface area contributed by atoms with Crippen LogP contribution in [0.1, 0.15) is 43.7 Å². The van der Waals surface area contributed by atoms with Crippen LogP contribution >= 0.6 is 0 Å². The molecule has 0 amide bonds. The number of benzene rings is 1. The molecular formula is C17H28N2. The van der Waals surface area contributed by atoms with Crippen molar-refractivity contribution >= 4 is 0 Å². The molecule has 0 heterocycles. The van der Waals surface area contributed by atoms with Crippen molar-refractivity contribution in [2.45, 2.75) is 58.2 Å². The maximum atomic E-state index is 3.72. The standard InChI is InChI=1S/C17H28N2/c1-4-11-18-16-9-6-10-17(16)19(3)13-15-8-5-7-14(2)12-15/h5,7-8,12,16-18H,4,6,9-11,13H2,1-3H3. The molecule has 1 aliphatic carbocycles. The van der Waals surface area contributed by atoms with Crippen LogP contribution < -0.4 is 5.32 Å². The summed E-state index contributed by atoms with van der Waals surface area (Å²) in [5.74, 6) is 0. The van der Waals surface area contributed by atoms with Gasteiger partial charge in [-0.2, -0.15) is 0 Å². The molecular weight excluding hydrogens is 232 g/mol. The van der Waals surface area contributed by atoms with E-state index in [4.69, 9.17) is 0 Å². The zero-order valence-electron chi connectivity index (χ0n) is 12.7. The average Bonchev–Trinajstić information content (AvgIpc) is 2.84. The minimum atomic E-state index is 0.690. The monoisotopic (exact) mass is 260 g/mol. The summed E-state index contributed by atoms with van der Waals surface area (Å²) in [5.41, 5.74) is 2.79. The van der Waals surface area contributed by atoms with E-state index in [0.717, 1.165) is 13.1 Å². The summed E-state index contributed by atoms with van der Waals surface area (Å²) in [4.78, 5) is 2.54. The normalized spacial score (nSPS) is 23.2. The second-order valence-electron chi connectivity index (χ2n) is 5.96. The molecule has 2 atom stereocenters. The van der Waals surface area contributed by atoms with E-state index in [1.165, 1.54) is 36.8 Å². The molecule has 1 fully saturated rings. The van der Waals surface area contributed by atoms with Gasteiger partial charge in [-0.05, 0) is 45.3 Å². The maximum absolute atomic E-state index is 3.72. The Morgan fingerprint density at radius 1 is 1.32 bits per heavy atom. The van der Waals surface area contributed by atoms with E-state index >= 15 is 0 Å². The van der Waals surface area contributed by atoms with Crippen molar-refractivity contribution in [1.29, 1.82) is 0 Å². The van der Waals surface area contributed by atoms with E-state index in [9.17, 15) is 0 Å². The van der Waals surface area contributed by atoms with Crippen LogP contribution in [0.4, 0.5) is 0 Å². The lowest BCUT2D eigenvalue weighted by Gasteiger charge is -2.30. The second-order valence-corrected chi connectivity index (χ2v) is 5.96. The molecule has 0 saturated heterocycles. The average molecular weight is 260 g/mol. The smallest absolute Gasteiger partial charge is 0.0249 e. The first-order chi connectivity index (χ1) is 9.20. The van der Waals surface area contributed by atoms with Gasteiger partial charge in [-0.15, -0.1) is 0 Å². The molecule has 19 heavy (non-hydrogen) atoms. The SMILES string of the molecule is CCCNC1CCCC1N(C)Cc1cccc(C)c1. The number of nitrogens with one attached hydrogen (secondary N) is 1. The first-order valence-electron chi connectivity index (χ1n) is 7.70. The fraction of sp³-hybridized carbons (Fsp3) is 0.647. The fourth-order valence-electron chi connectivity index (χ4n) is 3.25. The maximum Gasteiger partial charge on any atom is 0.0249 e. The molecule has 2 unspecified atom stereocenters. The van der Waals surface area contributed by atoms with Gasteiger partial charge in [-0.3, -0.25) is 4.90 Å². The first kappa shape index (κ1) is 14.5. The molecule has 0 bridgehead atoms. The third-order valence-electron chi connectivity index (χ3n) is 4.22. The van der Waals surface area contributed by atoms with E-state index in [0.29, 0.717) is 12.1 Å². The van der Waals surface area contributed by atoms with E-state index in [2.05, 4.69) is 55.4 Å². The fourth-order valence-corrected chi connectivity index (χ4v) is 3.25. The summed E-state index contributed by atoms with van der Waals surface area (Å²) in [6, 6.07) is 10.3. The Labute approximate surface area is 118 Å². The highest BCUT2D eigenvalue weighted by atomic mass is 15.2. The predicted molar refractivity (Wildman–Crippen MR) is 82.4 cm³/mol. The van der Waals surface area contributed by atoms with Crippen molar-refractivity contribution in [1.82, 2.24) is 10.2 Å². The van der Waals surface area contributed by atoms with Gasteiger partial charge in [0.15, 0.2) is 0 Å². The molecule has 0 aromatic heterocycles. The van der Waals surface area contributed by atoms with Crippen molar-refractivity contribution in [3.05, 3.63) is 35.4 Å².